The summed E-state index contributed by atoms with van der Waals surface area (Å²) < 4.78 is 10.2. The molecular weight excluding hydrogens is 496 g/mol. The number of esters is 1. The van der Waals surface area contributed by atoms with Crippen LogP contribution in [0.15, 0.2) is 54.6 Å². The minimum Gasteiger partial charge on any atom is -0.497 e. The fourth-order valence-corrected chi connectivity index (χ4v) is 4.75. The minimum atomic E-state index is -0.650. The monoisotopic (exact) mass is 530 g/mol. The Morgan fingerprint density at radius 2 is 1.67 bits per heavy atom. The number of piperazine rings is 1. The van der Waals surface area contributed by atoms with E-state index in [-0.39, 0.29) is 41.5 Å². The second kappa shape index (κ2) is 12.1. The standard InChI is InChI=1S/C30H34N4O5/c1-19(2)26-25(30(37)39-5)27(32-28(31-26)22-9-7-6-8-10-22)29(36)33-15-16-34(20(3)18-33)24(35)17-21-11-13-23(38-4)14-12-21/h6-14,19-20H,15-18H2,1-5H3. The summed E-state index contributed by atoms with van der Waals surface area (Å²) in [5.41, 5.74) is 2.20. The van der Waals surface area contributed by atoms with E-state index in [1.54, 1.807) is 16.9 Å². The predicted octanol–water partition coefficient (Wildman–Crippen LogP) is 3.98. The summed E-state index contributed by atoms with van der Waals surface area (Å²) in [6.07, 6.45) is 0.263. The number of hydrogen-bond acceptors (Lipinski definition) is 7. The molecule has 2 heterocycles. The molecule has 1 aromatic heterocycles. The van der Waals surface area contributed by atoms with Crippen molar-refractivity contribution in [3.8, 4) is 17.1 Å². The Morgan fingerprint density at radius 1 is 0.974 bits per heavy atom. The van der Waals surface area contributed by atoms with Gasteiger partial charge in [-0.2, -0.15) is 0 Å². The second-order valence-electron chi connectivity index (χ2n) is 9.88. The first-order valence-electron chi connectivity index (χ1n) is 13.0. The van der Waals surface area contributed by atoms with Gasteiger partial charge in [0.05, 0.1) is 26.3 Å². The van der Waals surface area contributed by atoms with Gasteiger partial charge in [-0.15, -0.1) is 0 Å². The lowest BCUT2D eigenvalue weighted by molar-refractivity contribution is -0.134. The van der Waals surface area contributed by atoms with Gasteiger partial charge in [0.15, 0.2) is 5.82 Å². The van der Waals surface area contributed by atoms with Crippen molar-refractivity contribution in [3.05, 3.63) is 77.1 Å². The summed E-state index contributed by atoms with van der Waals surface area (Å²) in [6, 6.07) is 16.6. The van der Waals surface area contributed by atoms with Crippen molar-refractivity contribution in [2.75, 3.05) is 33.9 Å². The molecule has 0 bridgehead atoms. The highest BCUT2D eigenvalue weighted by Crippen LogP contribution is 2.27. The van der Waals surface area contributed by atoms with Crippen LogP contribution >= 0.6 is 0 Å². The van der Waals surface area contributed by atoms with Crippen molar-refractivity contribution in [1.82, 2.24) is 19.8 Å². The first-order valence-corrected chi connectivity index (χ1v) is 13.0. The van der Waals surface area contributed by atoms with Crippen LogP contribution in [0, 0.1) is 0 Å². The molecule has 1 atom stereocenters. The van der Waals surface area contributed by atoms with Gasteiger partial charge >= 0.3 is 5.97 Å². The Balaban J connectivity index is 1.59. The molecule has 1 saturated heterocycles. The van der Waals surface area contributed by atoms with Gasteiger partial charge in [-0.25, -0.2) is 14.8 Å². The topological polar surface area (TPSA) is 102 Å². The molecule has 1 aliphatic rings. The zero-order valence-corrected chi connectivity index (χ0v) is 23.0. The summed E-state index contributed by atoms with van der Waals surface area (Å²) in [5.74, 6) is -0.0857. The fraction of sp³-hybridized carbons (Fsp3) is 0.367. The molecule has 39 heavy (non-hydrogen) atoms. The van der Waals surface area contributed by atoms with Crippen LogP contribution in [0.2, 0.25) is 0 Å². The summed E-state index contributed by atoms with van der Waals surface area (Å²) in [7, 11) is 2.88. The predicted molar refractivity (Wildman–Crippen MR) is 147 cm³/mol. The molecule has 0 saturated carbocycles. The largest absolute Gasteiger partial charge is 0.497 e. The fourth-order valence-electron chi connectivity index (χ4n) is 4.75. The number of aromatic nitrogens is 2. The Morgan fingerprint density at radius 3 is 2.26 bits per heavy atom. The number of carbonyl (C=O) groups is 3. The van der Waals surface area contributed by atoms with Gasteiger partial charge in [-0.1, -0.05) is 56.3 Å². The molecule has 1 fully saturated rings. The van der Waals surface area contributed by atoms with Crippen molar-refractivity contribution < 1.29 is 23.9 Å². The highest BCUT2D eigenvalue weighted by Gasteiger charge is 2.34. The van der Waals surface area contributed by atoms with Crippen LogP contribution in [0.25, 0.3) is 11.4 Å². The van der Waals surface area contributed by atoms with Crippen LogP contribution in [0.3, 0.4) is 0 Å². The van der Waals surface area contributed by atoms with Crippen LogP contribution in [-0.4, -0.2) is 77.4 Å². The van der Waals surface area contributed by atoms with E-state index >= 15 is 0 Å². The number of nitrogens with zero attached hydrogens (tertiary/aromatic N) is 4. The Bertz CT molecular complexity index is 1340. The van der Waals surface area contributed by atoms with E-state index in [1.807, 2.05) is 75.4 Å². The summed E-state index contributed by atoms with van der Waals surface area (Å²) in [6.45, 7) is 6.75. The maximum Gasteiger partial charge on any atom is 0.342 e. The van der Waals surface area contributed by atoms with Crippen molar-refractivity contribution in [2.24, 2.45) is 0 Å². The summed E-state index contributed by atoms with van der Waals surface area (Å²) in [5, 5.41) is 0. The van der Waals surface area contributed by atoms with Gasteiger partial charge in [0.25, 0.3) is 5.91 Å². The molecule has 4 rings (SSSR count). The van der Waals surface area contributed by atoms with E-state index < -0.39 is 5.97 Å². The van der Waals surface area contributed by atoms with Gasteiger partial charge in [-0.05, 0) is 30.5 Å². The molecule has 1 unspecified atom stereocenters. The third-order valence-corrected chi connectivity index (χ3v) is 6.86. The second-order valence-corrected chi connectivity index (χ2v) is 9.88. The molecule has 0 aliphatic carbocycles. The van der Waals surface area contributed by atoms with Gasteiger partial charge in [0, 0.05) is 31.2 Å². The number of methoxy groups -OCH3 is 2. The zero-order chi connectivity index (χ0) is 28.1. The molecule has 2 amide bonds. The summed E-state index contributed by atoms with van der Waals surface area (Å²) >= 11 is 0. The smallest absolute Gasteiger partial charge is 0.342 e. The van der Waals surface area contributed by atoms with E-state index in [2.05, 4.69) is 9.97 Å². The number of amides is 2. The van der Waals surface area contributed by atoms with Gasteiger partial charge < -0.3 is 19.3 Å². The van der Waals surface area contributed by atoms with E-state index in [1.165, 1.54) is 7.11 Å². The quantitative estimate of drug-likeness (QED) is 0.426. The normalized spacial score (nSPS) is 15.3. The molecule has 0 spiro atoms. The van der Waals surface area contributed by atoms with Gasteiger partial charge in [0.1, 0.15) is 17.0 Å². The number of benzene rings is 2. The maximum atomic E-state index is 13.9. The number of ether oxygens (including phenoxy) is 2. The number of hydrogen-bond donors (Lipinski definition) is 0. The molecule has 1 aliphatic heterocycles. The molecule has 0 radical (unpaired) electrons. The van der Waals surface area contributed by atoms with Crippen molar-refractivity contribution in [1.29, 1.82) is 0 Å². The molecule has 9 heteroatoms. The Kier molecular flexibility index (Phi) is 8.59. The lowest BCUT2D eigenvalue weighted by atomic mass is 10.00. The lowest BCUT2D eigenvalue weighted by Crippen LogP contribution is -2.56. The zero-order valence-electron chi connectivity index (χ0n) is 23.0. The summed E-state index contributed by atoms with van der Waals surface area (Å²) in [4.78, 5) is 52.5. The van der Waals surface area contributed by atoms with E-state index in [0.29, 0.717) is 31.2 Å². The third-order valence-electron chi connectivity index (χ3n) is 6.86. The molecule has 0 N–H and O–H groups in total. The lowest BCUT2D eigenvalue weighted by Gasteiger charge is -2.40. The van der Waals surface area contributed by atoms with Crippen molar-refractivity contribution >= 4 is 17.8 Å². The van der Waals surface area contributed by atoms with Crippen molar-refractivity contribution in [3.63, 3.8) is 0 Å². The Labute approximate surface area is 228 Å². The number of rotatable bonds is 7. The minimum absolute atomic E-state index is 0.00879. The molecule has 204 valence electrons. The maximum absolute atomic E-state index is 13.9. The SMILES string of the molecule is COC(=O)c1c(C(=O)N2CCN(C(=O)Cc3ccc(OC)cc3)C(C)C2)nc(-c2ccccc2)nc1C(C)C. The Hall–Kier alpha value is -4.27. The van der Waals surface area contributed by atoms with Gasteiger partial charge in [0.2, 0.25) is 5.91 Å². The van der Waals surface area contributed by atoms with E-state index in [0.717, 1.165) is 16.9 Å². The van der Waals surface area contributed by atoms with Crippen LogP contribution in [0.4, 0.5) is 0 Å². The van der Waals surface area contributed by atoms with Crippen LogP contribution in [-0.2, 0) is 16.0 Å². The molecule has 9 nitrogen and oxygen atoms in total. The van der Waals surface area contributed by atoms with Crippen molar-refractivity contribution in [2.45, 2.75) is 39.2 Å². The van der Waals surface area contributed by atoms with Crippen LogP contribution in [0.1, 0.15) is 58.8 Å². The highest BCUT2D eigenvalue weighted by atomic mass is 16.5. The first-order chi connectivity index (χ1) is 18.7. The van der Waals surface area contributed by atoms with Crippen LogP contribution in [0.5, 0.6) is 5.75 Å². The third kappa shape index (κ3) is 6.08. The molecular formula is C30H34N4O5. The highest BCUT2D eigenvalue weighted by molar-refractivity contribution is 6.05. The van der Waals surface area contributed by atoms with E-state index in [4.69, 9.17) is 9.47 Å². The van der Waals surface area contributed by atoms with Crippen LogP contribution < -0.4 is 4.74 Å². The average Bonchev–Trinajstić information content (AvgIpc) is 2.96. The van der Waals surface area contributed by atoms with Gasteiger partial charge in [-0.3, -0.25) is 9.59 Å². The molecule has 3 aromatic rings. The molecule has 2 aromatic carbocycles. The van der Waals surface area contributed by atoms with E-state index in [9.17, 15) is 14.4 Å². The average molecular weight is 531 g/mol. The number of carbonyl (C=O) groups excluding carboxylic acids is 3. The first kappa shape index (κ1) is 27.8.